The Hall–Kier alpha value is -1.63. The third-order valence-electron chi connectivity index (χ3n) is 3.29. The lowest BCUT2D eigenvalue weighted by Crippen LogP contribution is -2.29. The maximum absolute atomic E-state index is 12.7. The van der Waals surface area contributed by atoms with Crippen molar-refractivity contribution in [3.8, 4) is 5.75 Å². The van der Waals surface area contributed by atoms with Gasteiger partial charge in [0.1, 0.15) is 11.6 Å². The van der Waals surface area contributed by atoms with E-state index in [1.807, 2.05) is 12.1 Å². The summed E-state index contributed by atoms with van der Waals surface area (Å²) in [7, 11) is -3.34. The normalized spacial score (nSPS) is 11.4. The molecule has 0 radical (unpaired) electrons. The van der Waals surface area contributed by atoms with E-state index in [0.717, 1.165) is 5.56 Å². The summed E-state index contributed by atoms with van der Waals surface area (Å²) in [6.45, 7) is 0.590. The molecule has 4 nitrogen and oxygen atoms in total. The summed E-state index contributed by atoms with van der Waals surface area (Å²) in [5.41, 5.74) is 1.02. The van der Waals surface area contributed by atoms with Gasteiger partial charge in [-0.25, -0.2) is 17.5 Å². The molecule has 0 aliphatic rings. The summed E-state index contributed by atoms with van der Waals surface area (Å²) in [5, 5.41) is 0.653. The fourth-order valence-electron chi connectivity index (χ4n) is 2.04. The number of ether oxygens (including phenoxy) is 1. The number of rotatable bonds is 9. The van der Waals surface area contributed by atoms with Crippen molar-refractivity contribution in [2.24, 2.45) is 0 Å². The van der Waals surface area contributed by atoms with Crippen molar-refractivity contribution in [3.63, 3.8) is 0 Å². The van der Waals surface area contributed by atoms with Gasteiger partial charge in [-0.15, -0.1) is 0 Å². The zero-order chi connectivity index (χ0) is 17.4. The minimum atomic E-state index is -3.34. The Kier molecular flexibility index (Phi) is 7.02. The molecular weight excluding hydrogens is 353 g/mol. The Bertz CT molecular complexity index is 733. The van der Waals surface area contributed by atoms with E-state index in [4.69, 9.17) is 16.3 Å². The first kappa shape index (κ1) is 18.7. The van der Waals surface area contributed by atoms with E-state index < -0.39 is 10.0 Å². The molecule has 2 aromatic carbocycles. The molecule has 0 atom stereocenters. The van der Waals surface area contributed by atoms with Crippen LogP contribution in [-0.4, -0.2) is 27.3 Å². The molecule has 2 rings (SSSR count). The van der Waals surface area contributed by atoms with E-state index >= 15 is 0 Å². The first-order chi connectivity index (χ1) is 11.4. The van der Waals surface area contributed by atoms with Crippen LogP contribution in [0.1, 0.15) is 12.0 Å². The van der Waals surface area contributed by atoms with E-state index in [1.165, 1.54) is 24.3 Å². The van der Waals surface area contributed by atoms with E-state index in [1.54, 1.807) is 12.1 Å². The van der Waals surface area contributed by atoms with Crippen LogP contribution in [0.5, 0.6) is 5.75 Å². The van der Waals surface area contributed by atoms with E-state index in [-0.39, 0.29) is 18.2 Å². The van der Waals surface area contributed by atoms with Crippen LogP contribution in [0.2, 0.25) is 5.02 Å². The molecule has 0 aromatic heterocycles. The lowest BCUT2D eigenvalue weighted by atomic mass is 10.2. The van der Waals surface area contributed by atoms with Crippen molar-refractivity contribution >= 4 is 21.6 Å². The predicted octanol–water partition coefficient (Wildman–Crippen LogP) is 3.41. The van der Waals surface area contributed by atoms with Crippen LogP contribution in [-0.2, 0) is 16.4 Å². The molecule has 24 heavy (non-hydrogen) atoms. The monoisotopic (exact) mass is 371 g/mol. The van der Waals surface area contributed by atoms with Gasteiger partial charge in [-0.2, -0.15) is 0 Å². The molecule has 130 valence electrons. The molecule has 0 spiro atoms. The summed E-state index contributed by atoms with van der Waals surface area (Å²) in [5.74, 6) is 0.161. The second kappa shape index (κ2) is 9.01. The van der Waals surface area contributed by atoms with Crippen molar-refractivity contribution in [1.29, 1.82) is 0 Å². The minimum absolute atomic E-state index is 0.0190. The largest absolute Gasteiger partial charge is 0.494 e. The van der Waals surface area contributed by atoms with Crippen LogP contribution in [0, 0.1) is 5.82 Å². The molecule has 0 aliphatic heterocycles. The van der Waals surface area contributed by atoms with Crippen LogP contribution in [0.4, 0.5) is 4.39 Å². The molecule has 0 saturated heterocycles. The lowest BCUT2D eigenvalue weighted by molar-refractivity contribution is 0.317. The SMILES string of the molecule is O=S(=O)(CCCOc1ccc(F)cc1)NCCc1ccc(Cl)cc1. The molecule has 0 fully saturated rings. The number of sulfonamides is 1. The third kappa shape index (κ3) is 6.86. The Morgan fingerprint density at radius 2 is 1.71 bits per heavy atom. The quantitative estimate of drug-likeness (QED) is 0.687. The second-order valence-corrected chi connectivity index (χ2v) is 7.61. The summed E-state index contributed by atoms with van der Waals surface area (Å²) >= 11 is 5.80. The maximum atomic E-state index is 12.7. The predicted molar refractivity (Wildman–Crippen MR) is 93.5 cm³/mol. The first-order valence-electron chi connectivity index (χ1n) is 7.55. The standard InChI is InChI=1S/C17H19ClFNO3S/c18-15-4-2-14(3-5-15)10-11-20-24(21,22)13-1-12-23-17-8-6-16(19)7-9-17/h2-9,20H,1,10-13H2. The number of benzene rings is 2. The molecule has 0 heterocycles. The molecule has 7 heteroatoms. The molecule has 1 N–H and O–H groups in total. The number of halogens is 2. The maximum Gasteiger partial charge on any atom is 0.211 e. The molecule has 0 unspecified atom stereocenters. The summed E-state index contributed by atoms with van der Waals surface area (Å²) < 4.78 is 44.5. The highest BCUT2D eigenvalue weighted by Gasteiger charge is 2.09. The Morgan fingerprint density at radius 3 is 2.38 bits per heavy atom. The topological polar surface area (TPSA) is 55.4 Å². The highest BCUT2D eigenvalue weighted by molar-refractivity contribution is 7.89. The van der Waals surface area contributed by atoms with Crippen molar-refractivity contribution in [2.45, 2.75) is 12.8 Å². The van der Waals surface area contributed by atoms with Gasteiger partial charge in [-0.1, -0.05) is 23.7 Å². The van der Waals surface area contributed by atoms with Crippen LogP contribution < -0.4 is 9.46 Å². The van der Waals surface area contributed by atoms with Crippen molar-refractivity contribution in [2.75, 3.05) is 18.9 Å². The summed E-state index contributed by atoms with van der Waals surface area (Å²) in [6.07, 6.45) is 0.954. The van der Waals surface area contributed by atoms with Gasteiger partial charge in [-0.3, -0.25) is 0 Å². The summed E-state index contributed by atoms with van der Waals surface area (Å²) in [6, 6.07) is 12.9. The molecule has 0 amide bonds. The minimum Gasteiger partial charge on any atom is -0.494 e. The van der Waals surface area contributed by atoms with Crippen LogP contribution in [0.15, 0.2) is 48.5 Å². The van der Waals surface area contributed by atoms with Crippen molar-refractivity contribution in [3.05, 3.63) is 64.9 Å². The molecule has 0 saturated carbocycles. The lowest BCUT2D eigenvalue weighted by Gasteiger charge is -2.08. The van der Waals surface area contributed by atoms with E-state index in [9.17, 15) is 12.8 Å². The highest BCUT2D eigenvalue weighted by Crippen LogP contribution is 2.11. The molecule has 0 bridgehead atoms. The van der Waals surface area contributed by atoms with Gasteiger partial charge >= 0.3 is 0 Å². The molecule has 2 aromatic rings. The average molecular weight is 372 g/mol. The van der Waals surface area contributed by atoms with Crippen molar-refractivity contribution < 1.29 is 17.5 Å². The average Bonchev–Trinajstić information content (AvgIpc) is 2.55. The third-order valence-corrected chi connectivity index (χ3v) is 5.01. The van der Waals surface area contributed by atoms with Gasteiger partial charge in [0.15, 0.2) is 0 Å². The Labute approximate surface area is 146 Å². The summed E-state index contributed by atoms with van der Waals surface area (Å²) in [4.78, 5) is 0. The van der Waals surface area contributed by atoms with Gasteiger partial charge in [0.25, 0.3) is 0 Å². The van der Waals surface area contributed by atoms with Gasteiger partial charge in [-0.05, 0) is 54.8 Å². The number of hydrogen-bond donors (Lipinski definition) is 1. The fraction of sp³-hybridized carbons (Fsp3) is 0.294. The Balaban J connectivity index is 1.65. The smallest absolute Gasteiger partial charge is 0.211 e. The fourth-order valence-corrected chi connectivity index (χ4v) is 3.23. The Morgan fingerprint density at radius 1 is 1.04 bits per heavy atom. The second-order valence-electron chi connectivity index (χ2n) is 5.25. The van der Waals surface area contributed by atoms with Crippen LogP contribution >= 0.6 is 11.6 Å². The van der Waals surface area contributed by atoms with Gasteiger partial charge < -0.3 is 4.74 Å². The zero-order valence-electron chi connectivity index (χ0n) is 13.0. The van der Waals surface area contributed by atoms with Crippen molar-refractivity contribution in [1.82, 2.24) is 4.72 Å². The first-order valence-corrected chi connectivity index (χ1v) is 9.58. The van der Waals surface area contributed by atoms with Gasteiger partial charge in [0.2, 0.25) is 10.0 Å². The zero-order valence-corrected chi connectivity index (χ0v) is 14.6. The van der Waals surface area contributed by atoms with Crippen LogP contribution in [0.25, 0.3) is 0 Å². The number of nitrogens with one attached hydrogen (secondary N) is 1. The molecule has 0 aliphatic carbocycles. The molecular formula is C17H19ClFNO3S. The highest BCUT2D eigenvalue weighted by atomic mass is 35.5. The number of hydrogen-bond acceptors (Lipinski definition) is 3. The van der Waals surface area contributed by atoms with Gasteiger partial charge in [0.05, 0.1) is 12.4 Å². The van der Waals surface area contributed by atoms with E-state index in [2.05, 4.69) is 4.72 Å². The van der Waals surface area contributed by atoms with Crippen LogP contribution in [0.3, 0.4) is 0 Å². The van der Waals surface area contributed by atoms with Gasteiger partial charge in [0, 0.05) is 11.6 Å². The van der Waals surface area contributed by atoms with E-state index in [0.29, 0.717) is 30.2 Å².